The van der Waals surface area contributed by atoms with Gasteiger partial charge in [-0.2, -0.15) is 0 Å². The molecule has 2 aromatic carbocycles. The minimum absolute atomic E-state index is 0.151. The number of para-hydroxylation sites is 1. The molecule has 0 spiro atoms. The van der Waals surface area contributed by atoms with Gasteiger partial charge < -0.3 is 19.7 Å². The van der Waals surface area contributed by atoms with Gasteiger partial charge in [-0.1, -0.05) is 43.5 Å². The first-order chi connectivity index (χ1) is 17.6. The van der Waals surface area contributed by atoms with Gasteiger partial charge in [0, 0.05) is 48.3 Å². The van der Waals surface area contributed by atoms with Crippen LogP contribution in [0.3, 0.4) is 0 Å². The van der Waals surface area contributed by atoms with Crippen LogP contribution in [-0.2, 0) is 11.3 Å². The van der Waals surface area contributed by atoms with Crippen molar-refractivity contribution in [1.82, 2.24) is 9.88 Å². The number of hydrogen-bond donors (Lipinski definition) is 1. The Kier molecular flexibility index (Phi) is 9.04. The highest BCUT2D eigenvalue weighted by Gasteiger charge is 2.26. The molecule has 1 unspecified atom stereocenters. The first kappa shape index (κ1) is 25.8. The molecule has 1 N–H and O–H groups in total. The van der Waals surface area contributed by atoms with E-state index in [1.807, 2.05) is 48.7 Å². The van der Waals surface area contributed by atoms with Crippen molar-refractivity contribution < 1.29 is 14.3 Å². The van der Waals surface area contributed by atoms with Crippen LogP contribution in [0.15, 0.2) is 54.7 Å². The van der Waals surface area contributed by atoms with Gasteiger partial charge in [-0.25, -0.2) is 0 Å². The normalized spacial score (nSPS) is 14.9. The Morgan fingerprint density at radius 1 is 1.08 bits per heavy atom. The number of rotatable bonds is 11. The third-order valence-electron chi connectivity index (χ3n) is 7.20. The lowest BCUT2D eigenvalue weighted by atomic mass is 9.88. The van der Waals surface area contributed by atoms with E-state index >= 15 is 0 Å². The van der Waals surface area contributed by atoms with Crippen molar-refractivity contribution in [1.29, 1.82) is 0 Å². The van der Waals surface area contributed by atoms with Crippen LogP contribution in [0.1, 0.15) is 57.4 Å². The molecule has 1 saturated carbocycles. The molecule has 0 aliphatic heterocycles. The number of carbonyl (C=O) groups is 1. The summed E-state index contributed by atoms with van der Waals surface area (Å²) < 4.78 is 11.1. The van der Waals surface area contributed by atoms with E-state index in [1.54, 1.807) is 14.2 Å². The van der Waals surface area contributed by atoms with Crippen molar-refractivity contribution in [2.24, 2.45) is 5.92 Å². The summed E-state index contributed by atoms with van der Waals surface area (Å²) in [4.78, 5) is 20.2. The quantitative estimate of drug-likeness (QED) is 0.336. The van der Waals surface area contributed by atoms with E-state index in [-0.39, 0.29) is 12.0 Å². The highest BCUT2D eigenvalue weighted by Crippen LogP contribution is 2.30. The number of aromatic nitrogens is 1. The summed E-state index contributed by atoms with van der Waals surface area (Å²) in [5, 5.41) is 4.68. The SMILES string of the molecule is COc1cc(NC(C)CCCN(Cc2ccccc2OC)C(=O)C2CCCCC2)c2ncccc2c1. The summed E-state index contributed by atoms with van der Waals surface area (Å²) in [6, 6.07) is 16.2. The predicted octanol–water partition coefficient (Wildman–Crippen LogP) is 6.44. The van der Waals surface area contributed by atoms with Crippen molar-refractivity contribution >= 4 is 22.5 Å². The number of carbonyl (C=O) groups excluding carboxylic acids is 1. The van der Waals surface area contributed by atoms with Gasteiger partial charge in [0.15, 0.2) is 0 Å². The van der Waals surface area contributed by atoms with E-state index in [4.69, 9.17) is 9.47 Å². The predicted molar refractivity (Wildman–Crippen MR) is 146 cm³/mol. The van der Waals surface area contributed by atoms with E-state index in [9.17, 15) is 4.79 Å². The average molecular weight is 490 g/mol. The second-order valence-electron chi connectivity index (χ2n) is 9.84. The number of methoxy groups -OCH3 is 2. The molecule has 1 amide bonds. The van der Waals surface area contributed by atoms with E-state index in [0.717, 1.165) is 78.7 Å². The van der Waals surface area contributed by atoms with Gasteiger partial charge in [-0.05, 0) is 50.8 Å². The highest BCUT2D eigenvalue weighted by molar-refractivity contribution is 5.91. The van der Waals surface area contributed by atoms with Crippen LogP contribution in [0.25, 0.3) is 10.9 Å². The molecule has 36 heavy (non-hydrogen) atoms. The standard InChI is InChI=1S/C30H39N3O3/c1-22(32-27-20-26(35-2)19-24-15-9-17-31-29(24)27)11-10-18-33(30(34)23-12-5-4-6-13-23)21-25-14-7-8-16-28(25)36-3/h7-9,14-17,19-20,22-23,32H,4-6,10-13,18,21H2,1-3H3. The molecule has 4 rings (SSSR count). The summed E-state index contributed by atoms with van der Waals surface area (Å²) in [6.07, 6.45) is 9.24. The minimum atomic E-state index is 0.151. The number of amides is 1. The molecule has 192 valence electrons. The summed E-state index contributed by atoms with van der Waals surface area (Å²) in [6.45, 7) is 3.50. The van der Waals surface area contributed by atoms with Crippen molar-refractivity contribution in [3.05, 3.63) is 60.3 Å². The molecule has 6 nitrogen and oxygen atoms in total. The summed E-state index contributed by atoms with van der Waals surface area (Å²) in [5.41, 5.74) is 2.97. The van der Waals surface area contributed by atoms with Gasteiger partial charge in [0.25, 0.3) is 0 Å². The smallest absolute Gasteiger partial charge is 0.225 e. The zero-order chi connectivity index (χ0) is 25.3. The van der Waals surface area contributed by atoms with Crippen molar-refractivity contribution in [3.63, 3.8) is 0 Å². The number of ether oxygens (including phenoxy) is 2. The van der Waals surface area contributed by atoms with Crippen molar-refractivity contribution in [2.45, 2.75) is 64.5 Å². The highest BCUT2D eigenvalue weighted by atomic mass is 16.5. The number of anilines is 1. The molecule has 1 aliphatic rings. The number of nitrogens with one attached hydrogen (secondary N) is 1. The van der Waals surface area contributed by atoms with Gasteiger partial charge in [-0.15, -0.1) is 0 Å². The maximum atomic E-state index is 13.5. The largest absolute Gasteiger partial charge is 0.497 e. The molecule has 6 heteroatoms. The Hall–Kier alpha value is -3.28. The fourth-order valence-electron chi connectivity index (χ4n) is 5.23. The summed E-state index contributed by atoms with van der Waals surface area (Å²) in [5.74, 6) is 2.10. The molecule has 0 radical (unpaired) electrons. The van der Waals surface area contributed by atoms with E-state index in [1.165, 1.54) is 6.42 Å². The summed E-state index contributed by atoms with van der Waals surface area (Å²) >= 11 is 0. The number of benzene rings is 2. The zero-order valence-electron chi connectivity index (χ0n) is 21.8. The monoisotopic (exact) mass is 489 g/mol. The molecular formula is C30H39N3O3. The van der Waals surface area contributed by atoms with E-state index in [2.05, 4.69) is 28.2 Å². The van der Waals surface area contributed by atoms with Crippen LogP contribution in [0.5, 0.6) is 11.5 Å². The Balaban J connectivity index is 1.42. The average Bonchev–Trinajstić information content (AvgIpc) is 2.92. The van der Waals surface area contributed by atoms with Gasteiger partial charge in [0.2, 0.25) is 5.91 Å². The van der Waals surface area contributed by atoms with Crippen LogP contribution in [0.4, 0.5) is 5.69 Å². The lowest BCUT2D eigenvalue weighted by Crippen LogP contribution is -2.37. The Bertz CT molecular complexity index is 1140. The van der Waals surface area contributed by atoms with Gasteiger partial charge >= 0.3 is 0 Å². The zero-order valence-corrected chi connectivity index (χ0v) is 21.8. The first-order valence-corrected chi connectivity index (χ1v) is 13.2. The Morgan fingerprint density at radius 3 is 2.67 bits per heavy atom. The van der Waals surface area contributed by atoms with E-state index in [0.29, 0.717) is 12.5 Å². The number of fused-ring (bicyclic) bond motifs is 1. The maximum absolute atomic E-state index is 13.5. The third kappa shape index (κ3) is 6.48. The fourth-order valence-corrected chi connectivity index (χ4v) is 5.23. The molecule has 0 saturated heterocycles. The molecule has 1 aromatic heterocycles. The van der Waals surface area contributed by atoms with Crippen LogP contribution in [0.2, 0.25) is 0 Å². The molecule has 1 aliphatic carbocycles. The third-order valence-corrected chi connectivity index (χ3v) is 7.20. The van der Waals surface area contributed by atoms with Crippen LogP contribution < -0.4 is 14.8 Å². The first-order valence-electron chi connectivity index (χ1n) is 13.2. The van der Waals surface area contributed by atoms with Crippen LogP contribution in [-0.4, -0.2) is 42.6 Å². The minimum Gasteiger partial charge on any atom is -0.497 e. The Labute approximate surface area is 215 Å². The van der Waals surface area contributed by atoms with Crippen molar-refractivity contribution in [2.75, 3.05) is 26.1 Å². The van der Waals surface area contributed by atoms with E-state index < -0.39 is 0 Å². The second kappa shape index (κ2) is 12.6. The molecule has 0 bridgehead atoms. The topological polar surface area (TPSA) is 63.7 Å². The number of pyridine rings is 1. The van der Waals surface area contributed by atoms with Crippen molar-refractivity contribution in [3.8, 4) is 11.5 Å². The number of hydrogen-bond acceptors (Lipinski definition) is 5. The van der Waals surface area contributed by atoms with Gasteiger partial charge in [0.1, 0.15) is 11.5 Å². The molecular weight excluding hydrogens is 450 g/mol. The van der Waals surface area contributed by atoms with Crippen LogP contribution >= 0.6 is 0 Å². The second-order valence-corrected chi connectivity index (χ2v) is 9.84. The summed E-state index contributed by atoms with van der Waals surface area (Å²) in [7, 11) is 3.38. The van der Waals surface area contributed by atoms with Gasteiger partial charge in [0.05, 0.1) is 25.4 Å². The molecule has 1 heterocycles. The lowest BCUT2D eigenvalue weighted by Gasteiger charge is -2.30. The Morgan fingerprint density at radius 2 is 1.89 bits per heavy atom. The number of nitrogens with zero attached hydrogens (tertiary/aromatic N) is 2. The molecule has 1 fully saturated rings. The maximum Gasteiger partial charge on any atom is 0.225 e. The fraction of sp³-hybridized carbons (Fsp3) is 0.467. The van der Waals surface area contributed by atoms with Gasteiger partial charge in [-0.3, -0.25) is 9.78 Å². The lowest BCUT2D eigenvalue weighted by molar-refractivity contribution is -0.137. The van der Waals surface area contributed by atoms with Crippen LogP contribution in [0, 0.1) is 5.92 Å². The molecule has 3 aromatic rings. The molecule has 1 atom stereocenters.